The smallest absolute Gasteiger partial charge is 0.346 e. The van der Waals surface area contributed by atoms with Crippen LogP contribution in [0.15, 0.2) is 61.1 Å². The molecule has 1 aromatic carbocycles. The Morgan fingerprint density at radius 2 is 1.83 bits per heavy atom. The molecule has 0 radical (unpaired) electrons. The number of benzene rings is 1. The maximum atomic E-state index is 12.8. The molecule has 1 atom stereocenters. The molecular weight excluding hydrogens is 319 g/mol. The number of nitrogens with zero attached hydrogens (tertiary/aromatic N) is 4. The SMILES string of the molecule is FC(F)(F)c1ccnc(N[C@H](Cn2cccn2)c2ccccc2)n1. The van der Waals surface area contributed by atoms with E-state index in [1.807, 2.05) is 30.3 Å². The molecule has 0 aliphatic heterocycles. The molecule has 24 heavy (non-hydrogen) atoms. The lowest BCUT2D eigenvalue weighted by molar-refractivity contribution is -0.141. The van der Waals surface area contributed by atoms with Gasteiger partial charge in [0.15, 0.2) is 0 Å². The first-order chi connectivity index (χ1) is 11.5. The van der Waals surface area contributed by atoms with Crippen LogP contribution in [0, 0.1) is 0 Å². The maximum absolute atomic E-state index is 12.8. The van der Waals surface area contributed by atoms with Crippen LogP contribution in [0.3, 0.4) is 0 Å². The number of hydrogen-bond acceptors (Lipinski definition) is 4. The van der Waals surface area contributed by atoms with Gasteiger partial charge in [-0.25, -0.2) is 9.97 Å². The summed E-state index contributed by atoms with van der Waals surface area (Å²) in [5.74, 6) is -0.0779. The minimum Gasteiger partial charge on any atom is -0.346 e. The van der Waals surface area contributed by atoms with Gasteiger partial charge in [0.05, 0.1) is 12.6 Å². The molecule has 0 amide bonds. The molecule has 3 aromatic rings. The van der Waals surface area contributed by atoms with Gasteiger partial charge in [-0.15, -0.1) is 0 Å². The van der Waals surface area contributed by atoms with Crippen molar-refractivity contribution in [2.24, 2.45) is 0 Å². The number of nitrogens with one attached hydrogen (secondary N) is 1. The van der Waals surface area contributed by atoms with Gasteiger partial charge in [0.2, 0.25) is 5.95 Å². The molecule has 2 aromatic heterocycles. The normalized spacial score (nSPS) is 12.8. The second-order valence-electron chi connectivity index (χ2n) is 5.10. The van der Waals surface area contributed by atoms with Crippen LogP contribution in [-0.4, -0.2) is 19.7 Å². The van der Waals surface area contributed by atoms with Crippen molar-refractivity contribution >= 4 is 5.95 Å². The number of hydrogen-bond donors (Lipinski definition) is 1. The third-order valence-electron chi connectivity index (χ3n) is 3.38. The zero-order valence-electron chi connectivity index (χ0n) is 12.5. The Morgan fingerprint density at radius 1 is 1.04 bits per heavy atom. The molecule has 0 unspecified atom stereocenters. The van der Waals surface area contributed by atoms with E-state index in [0.717, 1.165) is 17.8 Å². The van der Waals surface area contributed by atoms with Gasteiger partial charge in [0.25, 0.3) is 0 Å². The van der Waals surface area contributed by atoms with E-state index in [9.17, 15) is 13.2 Å². The Morgan fingerprint density at radius 3 is 2.50 bits per heavy atom. The molecule has 3 rings (SSSR count). The summed E-state index contributed by atoms with van der Waals surface area (Å²) in [6.07, 6.45) is 0.00512. The van der Waals surface area contributed by atoms with Crippen molar-refractivity contribution in [3.8, 4) is 0 Å². The van der Waals surface area contributed by atoms with Crippen molar-refractivity contribution in [2.45, 2.75) is 18.8 Å². The Labute approximate surface area is 136 Å². The lowest BCUT2D eigenvalue weighted by atomic mass is 10.1. The van der Waals surface area contributed by atoms with Crippen LogP contribution < -0.4 is 5.32 Å². The van der Waals surface area contributed by atoms with Crippen LogP contribution in [0.25, 0.3) is 0 Å². The van der Waals surface area contributed by atoms with E-state index in [4.69, 9.17) is 0 Å². The van der Waals surface area contributed by atoms with Gasteiger partial charge in [-0.1, -0.05) is 30.3 Å². The van der Waals surface area contributed by atoms with Gasteiger partial charge in [0.1, 0.15) is 5.69 Å². The van der Waals surface area contributed by atoms with Crippen molar-refractivity contribution in [3.63, 3.8) is 0 Å². The molecule has 0 saturated carbocycles. The summed E-state index contributed by atoms with van der Waals surface area (Å²) >= 11 is 0. The monoisotopic (exact) mass is 333 g/mol. The summed E-state index contributed by atoms with van der Waals surface area (Å²) in [6, 6.07) is 11.7. The van der Waals surface area contributed by atoms with E-state index in [0.29, 0.717) is 6.54 Å². The zero-order chi connectivity index (χ0) is 17.0. The summed E-state index contributed by atoms with van der Waals surface area (Å²) in [5, 5.41) is 7.10. The second-order valence-corrected chi connectivity index (χ2v) is 5.10. The van der Waals surface area contributed by atoms with Crippen LogP contribution in [0.5, 0.6) is 0 Å². The van der Waals surface area contributed by atoms with Gasteiger partial charge < -0.3 is 5.32 Å². The molecule has 0 fully saturated rings. The molecule has 0 aliphatic rings. The van der Waals surface area contributed by atoms with Crippen LogP contribution in [0.4, 0.5) is 19.1 Å². The lowest BCUT2D eigenvalue weighted by Crippen LogP contribution is -2.20. The quantitative estimate of drug-likeness (QED) is 0.776. The number of rotatable bonds is 5. The fourth-order valence-corrected chi connectivity index (χ4v) is 2.26. The van der Waals surface area contributed by atoms with Crippen molar-refractivity contribution in [1.29, 1.82) is 0 Å². The Bertz CT molecular complexity index is 772. The largest absolute Gasteiger partial charge is 0.433 e. The standard InChI is InChI=1S/C16H14F3N5/c17-16(18,19)14-7-9-20-15(23-14)22-13(11-24-10-4-8-21-24)12-5-2-1-3-6-12/h1-10,13H,11H2,(H,20,22,23)/t13-/m1/s1. The van der Waals surface area contributed by atoms with Crippen molar-refractivity contribution in [3.05, 3.63) is 72.3 Å². The molecule has 1 N–H and O–H groups in total. The zero-order valence-corrected chi connectivity index (χ0v) is 12.5. The summed E-state index contributed by atoms with van der Waals surface area (Å²) in [6.45, 7) is 0.427. The van der Waals surface area contributed by atoms with E-state index < -0.39 is 11.9 Å². The fourth-order valence-electron chi connectivity index (χ4n) is 2.26. The van der Waals surface area contributed by atoms with Crippen LogP contribution in [0.2, 0.25) is 0 Å². The fraction of sp³-hybridized carbons (Fsp3) is 0.188. The first kappa shape index (κ1) is 16.0. The molecule has 0 aliphatic carbocycles. The number of halogens is 3. The summed E-state index contributed by atoms with van der Waals surface area (Å²) < 4.78 is 40.1. The number of aromatic nitrogens is 4. The molecule has 0 spiro atoms. The topological polar surface area (TPSA) is 55.6 Å². The van der Waals surface area contributed by atoms with Crippen LogP contribution in [0.1, 0.15) is 17.3 Å². The highest BCUT2D eigenvalue weighted by Gasteiger charge is 2.33. The van der Waals surface area contributed by atoms with Crippen LogP contribution in [-0.2, 0) is 12.7 Å². The molecule has 0 saturated heterocycles. The van der Waals surface area contributed by atoms with Crippen molar-refractivity contribution in [2.75, 3.05) is 5.32 Å². The Hall–Kier alpha value is -2.90. The van der Waals surface area contributed by atoms with Gasteiger partial charge in [-0.2, -0.15) is 18.3 Å². The first-order valence-electron chi connectivity index (χ1n) is 7.21. The lowest BCUT2D eigenvalue weighted by Gasteiger charge is -2.19. The van der Waals surface area contributed by atoms with E-state index in [1.54, 1.807) is 23.1 Å². The van der Waals surface area contributed by atoms with E-state index >= 15 is 0 Å². The van der Waals surface area contributed by atoms with Crippen molar-refractivity contribution in [1.82, 2.24) is 19.7 Å². The summed E-state index contributed by atoms with van der Waals surface area (Å²) in [7, 11) is 0. The Balaban J connectivity index is 1.87. The number of alkyl halides is 3. The van der Waals surface area contributed by atoms with E-state index in [1.165, 1.54) is 0 Å². The highest BCUT2D eigenvalue weighted by Crippen LogP contribution is 2.28. The Kier molecular flexibility index (Phi) is 4.45. The van der Waals surface area contributed by atoms with Gasteiger partial charge in [-0.05, 0) is 17.7 Å². The van der Waals surface area contributed by atoms with E-state index in [2.05, 4.69) is 20.4 Å². The molecule has 2 heterocycles. The third-order valence-corrected chi connectivity index (χ3v) is 3.38. The van der Waals surface area contributed by atoms with Crippen molar-refractivity contribution < 1.29 is 13.2 Å². The second kappa shape index (κ2) is 6.69. The third kappa shape index (κ3) is 3.89. The van der Waals surface area contributed by atoms with Gasteiger partial charge in [0, 0.05) is 18.6 Å². The van der Waals surface area contributed by atoms with Gasteiger partial charge >= 0.3 is 6.18 Å². The maximum Gasteiger partial charge on any atom is 0.433 e. The number of anilines is 1. The molecular formula is C16H14F3N5. The molecule has 0 bridgehead atoms. The summed E-state index contributed by atoms with van der Waals surface area (Å²) in [4.78, 5) is 7.46. The minimum atomic E-state index is -4.51. The predicted octanol–water partition coefficient (Wildman–Crippen LogP) is 3.55. The summed E-state index contributed by atoms with van der Waals surface area (Å²) in [5.41, 5.74) is -0.0834. The minimum absolute atomic E-state index is 0.0779. The van der Waals surface area contributed by atoms with Crippen LogP contribution >= 0.6 is 0 Å². The highest BCUT2D eigenvalue weighted by molar-refractivity contribution is 5.32. The first-order valence-corrected chi connectivity index (χ1v) is 7.21. The predicted molar refractivity (Wildman–Crippen MR) is 82.1 cm³/mol. The van der Waals surface area contributed by atoms with E-state index in [-0.39, 0.29) is 12.0 Å². The average Bonchev–Trinajstić information content (AvgIpc) is 3.08. The molecule has 8 heteroatoms. The molecule has 5 nitrogen and oxygen atoms in total. The average molecular weight is 333 g/mol. The molecule has 124 valence electrons. The van der Waals surface area contributed by atoms with Gasteiger partial charge in [-0.3, -0.25) is 4.68 Å². The highest BCUT2D eigenvalue weighted by atomic mass is 19.4.